The van der Waals surface area contributed by atoms with Crippen molar-refractivity contribution in [3.63, 3.8) is 0 Å². The Bertz CT molecular complexity index is 1400. The minimum absolute atomic E-state index is 0.0568. The number of phenolic OH excluding ortho intramolecular Hbond substituents is 1. The maximum atomic E-state index is 13.2. The van der Waals surface area contributed by atoms with Crippen LogP contribution in [0.1, 0.15) is 41.4 Å². The third-order valence-electron chi connectivity index (χ3n) is 5.88. The molecule has 2 heterocycles. The zero-order valence-electron chi connectivity index (χ0n) is 19.1. The lowest BCUT2D eigenvalue weighted by Crippen LogP contribution is -2.21. The van der Waals surface area contributed by atoms with Gasteiger partial charge in [-0.2, -0.15) is 10.1 Å². The summed E-state index contributed by atoms with van der Waals surface area (Å²) in [5.41, 5.74) is 3.12. The minimum Gasteiger partial charge on any atom is -0.507 e. The van der Waals surface area contributed by atoms with Crippen molar-refractivity contribution in [1.29, 1.82) is 0 Å². The number of carboxylic acids is 1. The van der Waals surface area contributed by atoms with Crippen LogP contribution in [-0.4, -0.2) is 45.4 Å². The molecule has 1 unspecified atom stereocenters. The molecule has 2 N–H and O–H groups in total. The standard InChI is InChI=1S/C25H23N3O6/c1-13-5-10-20-21(22(13)29)17(12-27(20)15(3)25(33)34-4)11-19-14(2)26-28(23(19)30)18-8-6-16(7-9-18)24(31)32/h5-12,15,29H,1-4H3,(H,31,32)/b19-11-. The highest BCUT2D eigenvalue weighted by atomic mass is 16.5. The molecule has 9 heteroatoms. The number of amides is 1. The largest absolute Gasteiger partial charge is 0.507 e. The van der Waals surface area contributed by atoms with E-state index in [0.29, 0.717) is 39.0 Å². The fourth-order valence-corrected chi connectivity index (χ4v) is 3.94. The zero-order valence-corrected chi connectivity index (χ0v) is 19.1. The van der Waals surface area contributed by atoms with Crippen LogP contribution in [0, 0.1) is 6.92 Å². The Morgan fingerprint density at radius 1 is 1.12 bits per heavy atom. The first-order valence-corrected chi connectivity index (χ1v) is 10.5. The number of rotatable bonds is 5. The fourth-order valence-electron chi connectivity index (χ4n) is 3.94. The van der Waals surface area contributed by atoms with E-state index < -0.39 is 23.9 Å². The third-order valence-corrected chi connectivity index (χ3v) is 5.88. The second-order valence-electron chi connectivity index (χ2n) is 8.03. The van der Waals surface area contributed by atoms with E-state index in [9.17, 15) is 19.5 Å². The van der Waals surface area contributed by atoms with Crippen LogP contribution >= 0.6 is 0 Å². The van der Waals surface area contributed by atoms with Crippen LogP contribution in [0.25, 0.3) is 17.0 Å². The predicted molar refractivity (Wildman–Crippen MR) is 127 cm³/mol. The van der Waals surface area contributed by atoms with Crippen molar-refractivity contribution in [2.75, 3.05) is 12.1 Å². The number of hydrazone groups is 1. The number of aromatic nitrogens is 1. The average Bonchev–Trinajstić information content (AvgIpc) is 3.33. The number of aryl methyl sites for hydroxylation is 1. The van der Waals surface area contributed by atoms with Crippen molar-refractivity contribution in [1.82, 2.24) is 4.57 Å². The van der Waals surface area contributed by atoms with Crippen LogP contribution < -0.4 is 5.01 Å². The van der Waals surface area contributed by atoms with Gasteiger partial charge in [0.05, 0.1) is 35.2 Å². The van der Waals surface area contributed by atoms with Crippen LogP contribution in [-0.2, 0) is 14.3 Å². The summed E-state index contributed by atoms with van der Waals surface area (Å²) in [5, 5.41) is 25.9. The second-order valence-corrected chi connectivity index (χ2v) is 8.03. The molecule has 2 aromatic carbocycles. The van der Waals surface area contributed by atoms with E-state index in [0.717, 1.165) is 0 Å². The Hall–Kier alpha value is -4.40. The SMILES string of the molecule is COC(=O)C(C)n1cc(/C=C2\C(=O)N(c3ccc(C(=O)O)cc3)N=C2C)c2c(O)c(C)ccc21. The maximum absolute atomic E-state index is 13.2. The van der Waals surface area contributed by atoms with E-state index in [1.807, 2.05) is 0 Å². The Morgan fingerprint density at radius 2 is 1.79 bits per heavy atom. The third kappa shape index (κ3) is 3.71. The first kappa shape index (κ1) is 22.8. The first-order valence-electron chi connectivity index (χ1n) is 10.5. The van der Waals surface area contributed by atoms with Gasteiger partial charge in [-0.05, 0) is 62.7 Å². The van der Waals surface area contributed by atoms with Crippen molar-refractivity contribution < 1.29 is 29.3 Å². The summed E-state index contributed by atoms with van der Waals surface area (Å²) in [6.45, 7) is 5.15. The molecule has 0 radical (unpaired) electrons. The minimum atomic E-state index is -1.06. The van der Waals surface area contributed by atoms with Gasteiger partial charge >= 0.3 is 11.9 Å². The molecule has 174 valence electrons. The number of methoxy groups -OCH3 is 1. The number of nitrogens with zero attached hydrogens (tertiary/aromatic N) is 3. The van der Waals surface area contributed by atoms with E-state index in [2.05, 4.69) is 5.10 Å². The number of phenols is 1. The molecule has 1 aliphatic heterocycles. The lowest BCUT2D eigenvalue weighted by Gasteiger charge is -2.13. The molecule has 0 aliphatic carbocycles. The van der Waals surface area contributed by atoms with Crippen molar-refractivity contribution in [2.45, 2.75) is 26.8 Å². The number of esters is 1. The lowest BCUT2D eigenvalue weighted by molar-refractivity contribution is -0.143. The molecule has 0 saturated carbocycles. The smallest absolute Gasteiger partial charge is 0.335 e. The van der Waals surface area contributed by atoms with Gasteiger partial charge in [0.1, 0.15) is 11.8 Å². The van der Waals surface area contributed by atoms with E-state index in [1.54, 1.807) is 49.7 Å². The number of carbonyl (C=O) groups is 3. The summed E-state index contributed by atoms with van der Waals surface area (Å²) in [6.07, 6.45) is 3.33. The van der Waals surface area contributed by atoms with Crippen LogP contribution in [0.15, 0.2) is 53.3 Å². The molecule has 0 bridgehead atoms. The number of benzene rings is 2. The van der Waals surface area contributed by atoms with Crippen molar-refractivity contribution in [2.24, 2.45) is 5.10 Å². The van der Waals surface area contributed by atoms with Gasteiger partial charge in [0.25, 0.3) is 5.91 Å². The predicted octanol–water partition coefficient (Wildman–Crippen LogP) is 3.89. The number of anilines is 1. The van der Waals surface area contributed by atoms with Gasteiger partial charge in [-0.3, -0.25) is 4.79 Å². The molecule has 1 aromatic heterocycles. The summed E-state index contributed by atoms with van der Waals surface area (Å²) in [7, 11) is 1.31. The summed E-state index contributed by atoms with van der Waals surface area (Å²) >= 11 is 0. The number of hydrogen-bond donors (Lipinski definition) is 2. The quantitative estimate of drug-likeness (QED) is 0.439. The highest BCUT2D eigenvalue weighted by molar-refractivity contribution is 6.32. The summed E-state index contributed by atoms with van der Waals surface area (Å²) in [6, 6.07) is 8.74. The van der Waals surface area contributed by atoms with Gasteiger partial charge in [-0.25, -0.2) is 9.59 Å². The number of fused-ring (bicyclic) bond motifs is 1. The summed E-state index contributed by atoms with van der Waals surface area (Å²) < 4.78 is 6.57. The van der Waals surface area contributed by atoms with Crippen LogP contribution in [0.5, 0.6) is 5.75 Å². The first-order chi connectivity index (χ1) is 16.1. The lowest BCUT2D eigenvalue weighted by atomic mass is 10.0. The summed E-state index contributed by atoms with van der Waals surface area (Å²) in [4.78, 5) is 36.5. The number of hydrogen-bond acceptors (Lipinski definition) is 6. The van der Waals surface area contributed by atoms with Crippen molar-refractivity contribution in [3.05, 3.63) is 64.9 Å². The Labute approximate surface area is 195 Å². The fraction of sp³-hybridized carbons (Fsp3) is 0.200. The van der Waals surface area contributed by atoms with Gasteiger partial charge in [0.15, 0.2) is 0 Å². The molecule has 3 aromatic rings. The van der Waals surface area contributed by atoms with Gasteiger partial charge < -0.3 is 19.5 Å². The number of carbonyl (C=O) groups excluding carboxylic acids is 2. The molecular formula is C25H23N3O6. The van der Waals surface area contributed by atoms with E-state index in [4.69, 9.17) is 9.84 Å². The molecule has 0 spiro atoms. The number of carboxylic acid groups (broad SMARTS) is 1. The van der Waals surface area contributed by atoms with Crippen LogP contribution in [0.4, 0.5) is 5.69 Å². The highest BCUT2D eigenvalue weighted by Gasteiger charge is 2.30. The molecule has 1 aliphatic rings. The number of aromatic hydroxyl groups is 1. The zero-order chi connectivity index (χ0) is 24.7. The average molecular weight is 461 g/mol. The van der Waals surface area contributed by atoms with E-state index in [1.165, 1.54) is 36.4 Å². The Morgan fingerprint density at radius 3 is 2.41 bits per heavy atom. The van der Waals surface area contributed by atoms with Crippen molar-refractivity contribution in [3.8, 4) is 5.75 Å². The molecule has 1 amide bonds. The van der Waals surface area contributed by atoms with Gasteiger partial charge in [0.2, 0.25) is 0 Å². The summed E-state index contributed by atoms with van der Waals surface area (Å²) in [5.74, 6) is -1.84. The molecular weight excluding hydrogens is 438 g/mol. The molecule has 1 atom stereocenters. The topological polar surface area (TPSA) is 121 Å². The van der Waals surface area contributed by atoms with Crippen LogP contribution in [0.3, 0.4) is 0 Å². The van der Waals surface area contributed by atoms with Gasteiger partial charge in [-0.1, -0.05) is 6.07 Å². The number of ether oxygens (including phenoxy) is 1. The molecule has 0 fully saturated rings. The van der Waals surface area contributed by atoms with E-state index in [-0.39, 0.29) is 11.3 Å². The van der Waals surface area contributed by atoms with E-state index >= 15 is 0 Å². The monoisotopic (exact) mass is 461 g/mol. The normalized spacial score (nSPS) is 15.6. The second kappa shape index (κ2) is 8.51. The Kier molecular flexibility index (Phi) is 5.70. The number of aromatic carboxylic acids is 1. The van der Waals surface area contributed by atoms with Crippen LogP contribution in [0.2, 0.25) is 0 Å². The molecule has 0 saturated heterocycles. The van der Waals surface area contributed by atoms with Crippen molar-refractivity contribution >= 4 is 46.2 Å². The Balaban J connectivity index is 1.80. The highest BCUT2D eigenvalue weighted by Crippen LogP contribution is 2.36. The molecule has 34 heavy (non-hydrogen) atoms. The van der Waals surface area contributed by atoms with Gasteiger partial charge in [0, 0.05) is 17.1 Å². The maximum Gasteiger partial charge on any atom is 0.335 e. The molecule has 9 nitrogen and oxygen atoms in total. The molecule has 4 rings (SSSR count). The van der Waals surface area contributed by atoms with Gasteiger partial charge in [-0.15, -0.1) is 0 Å².